The minimum Gasteiger partial charge on any atom is -0.457 e. The Hall–Kier alpha value is -3.00. The quantitative estimate of drug-likeness (QED) is 0.584. The molecule has 0 radical (unpaired) electrons. The zero-order valence-electron chi connectivity index (χ0n) is 20.5. The summed E-state index contributed by atoms with van der Waals surface area (Å²) in [7, 11) is 1.70. The Morgan fingerprint density at radius 2 is 1.83 bits per heavy atom. The summed E-state index contributed by atoms with van der Waals surface area (Å²) in [6.07, 6.45) is 8.39. The SMILES string of the molecule is CNC(C)(C(N)=O)[C@@H](C(=O)N1CCC[C@H]1c1cc(Oc2ccc(F)cc2)ccn1)C1CCCCC1. The average molecular weight is 483 g/mol. The van der Waals surface area contributed by atoms with Crippen molar-refractivity contribution in [2.45, 2.75) is 63.5 Å². The van der Waals surface area contributed by atoms with Gasteiger partial charge in [0.1, 0.15) is 22.9 Å². The van der Waals surface area contributed by atoms with Crippen molar-refractivity contribution in [1.82, 2.24) is 15.2 Å². The largest absolute Gasteiger partial charge is 0.457 e. The molecular weight excluding hydrogens is 447 g/mol. The van der Waals surface area contributed by atoms with Crippen molar-refractivity contribution in [2.24, 2.45) is 17.6 Å². The van der Waals surface area contributed by atoms with Crippen molar-refractivity contribution >= 4 is 11.8 Å². The number of likely N-dealkylation sites (tertiary alicyclic amines) is 1. The number of halogens is 1. The maximum Gasteiger partial charge on any atom is 0.238 e. The minimum absolute atomic E-state index is 0.0401. The Kier molecular flexibility index (Phi) is 7.69. The maximum absolute atomic E-state index is 14.1. The number of nitrogens with two attached hydrogens (primary N) is 1. The normalized spacial score (nSPS) is 21.3. The first-order valence-electron chi connectivity index (χ1n) is 12.5. The van der Waals surface area contributed by atoms with Gasteiger partial charge in [0, 0.05) is 18.8 Å². The van der Waals surface area contributed by atoms with E-state index in [1.54, 1.807) is 38.4 Å². The number of primary amides is 1. The van der Waals surface area contributed by atoms with Crippen molar-refractivity contribution in [3.05, 3.63) is 54.1 Å². The van der Waals surface area contributed by atoms with Crippen LogP contribution in [0.2, 0.25) is 0 Å². The van der Waals surface area contributed by atoms with Gasteiger partial charge in [-0.15, -0.1) is 0 Å². The lowest BCUT2D eigenvalue weighted by molar-refractivity contribution is -0.147. The molecule has 3 atom stereocenters. The van der Waals surface area contributed by atoms with Gasteiger partial charge in [-0.2, -0.15) is 0 Å². The number of pyridine rings is 1. The molecule has 8 heteroatoms. The Balaban J connectivity index is 1.60. The third kappa shape index (κ3) is 5.32. The molecule has 1 aromatic carbocycles. The number of carbonyl (C=O) groups is 2. The molecule has 1 saturated heterocycles. The molecule has 2 aromatic rings. The second-order valence-electron chi connectivity index (χ2n) is 9.85. The molecule has 2 aliphatic rings. The summed E-state index contributed by atoms with van der Waals surface area (Å²) in [6.45, 7) is 2.36. The van der Waals surface area contributed by atoms with Crippen molar-refractivity contribution < 1.29 is 18.7 Å². The first kappa shape index (κ1) is 25.1. The molecule has 2 heterocycles. The molecule has 35 heavy (non-hydrogen) atoms. The fourth-order valence-electron chi connectivity index (χ4n) is 5.65. The van der Waals surface area contributed by atoms with E-state index in [-0.39, 0.29) is 23.7 Å². The molecule has 1 aromatic heterocycles. The van der Waals surface area contributed by atoms with E-state index in [2.05, 4.69) is 10.3 Å². The van der Waals surface area contributed by atoms with E-state index in [0.717, 1.165) is 50.6 Å². The maximum atomic E-state index is 14.1. The van der Waals surface area contributed by atoms with Crippen LogP contribution < -0.4 is 15.8 Å². The van der Waals surface area contributed by atoms with Crippen LogP contribution in [-0.2, 0) is 9.59 Å². The van der Waals surface area contributed by atoms with Crippen molar-refractivity contribution in [3.8, 4) is 11.5 Å². The van der Waals surface area contributed by atoms with Gasteiger partial charge in [0.15, 0.2) is 0 Å². The number of benzene rings is 1. The molecule has 0 bridgehead atoms. The first-order valence-corrected chi connectivity index (χ1v) is 12.5. The summed E-state index contributed by atoms with van der Waals surface area (Å²) in [5.41, 5.74) is 5.46. The van der Waals surface area contributed by atoms with Crippen LogP contribution in [-0.4, -0.2) is 40.8 Å². The average Bonchev–Trinajstić information content (AvgIpc) is 3.36. The van der Waals surface area contributed by atoms with Gasteiger partial charge in [-0.25, -0.2) is 4.39 Å². The summed E-state index contributed by atoms with van der Waals surface area (Å²) in [5, 5.41) is 3.09. The molecule has 3 N–H and O–H groups in total. The highest BCUT2D eigenvalue weighted by atomic mass is 19.1. The van der Waals surface area contributed by atoms with E-state index in [0.29, 0.717) is 18.0 Å². The number of rotatable bonds is 8. The van der Waals surface area contributed by atoms with E-state index >= 15 is 0 Å². The van der Waals surface area contributed by atoms with E-state index in [1.165, 1.54) is 12.1 Å². The highest BCUT2D eigenvalue weighted by Gasteiger charge is 2.50. The summed E-state index contributed by atoms with van der Waals surface area (Å²) in [5.74, 6) is -0.222. The number of hydrogen-bond acceptors (Lipinski definition) is 5. The van der Waals surface area contributed by atoms with E-state index in [1.807, 2.05) is 11.0 Å². The molecule has 7 nitrogen and oxygen atoms in total. The summed E-state index contributed by atoms with van der Waals surface area (Å²) >= 11 is 0. The van der Waals surface area contributed by atoms with Gasteiger partial charge in [0.05, 0.1) is 17.7 Å². The number of amides is 2. The fourth-order valence-corrected chi connectivity index (χ4v) is 5.65. The number of aromatic nitrogens is 1. The second kappa shape index (κ2) is 10.7. The van der Waals surface area contributed by atoms with Crippen LogP contribution >= 0.6 is 0 Å². The van der Waals surface area contributed by atoms with Crippen LogP contribution in [0.3, 0.4) is 0 Å². The number of nitrogens with one attached hydrogen (secondary N) is 1. The number of hydrogen-bond donors (Lipinski definition) is 2. The predicted octanol–water partition coefficient (Wildman–Crippen LogP) is 4.34. The van der Waals surface area contributed by atoms with Gasteiger partial charge in [-0.1, -0.05) is 19.3 Å². The van der Waals surface area contributed by atoms with Gasteiger partial charge in [0.25, 0.3) is 0 Å². The lowest BCUT2D eigenvalue weighted by atomic mass is 9.69. The Morgan fingerprint density at radius 3 is 2.49 bits per heavy atom. The molecule has 188 valence electrons. The molecule has 1 aliphatic heterocycles. The van der Waals surface area contributed by atoms with Crippen molar-refractivity contribution in [2.75, 3.05) is 13.6 Å². The van der Waals surface area contributed by atoms with E-state index < -0.39 is 17.4 Å². The van der Waals surface area contributed by atoms with Crippen LogP contribution in [0.15, 0.2) is 42.6 Å². The molecule has 4 rings (SSSR count). The Labute approximate surface area is 206 Å². The standard InChI is InChI=1S/C27H35FN4O3/c1-27(30-2,26(29)34)24(18-7-4-3-5-8-18)25(33)32-16-6-9-23(32)22-17-21(14-15-31-22)35-20-12-10-19(28)11-13-20/h10-15,17-18,23-24,30H,3-9,16H2,1-2H3,(H2,29,34)/t23-,24+,27?/m0/s1. The number of ether oxygens (including phenoxy) is 1. The van der Waals surface area contributed by atoms with Gasteiger partial charge in [0.2, 0.25) is 11.8 Å². The van der Waals surface area contributed by atoms with Crippen LogP contribution in [0.1, 0.15) is 63.6 Å². The van der Waals surface area contributed by atoms with Crippen LogP contribution in [0.5, 0.6) is 11.5 Å². The lowest BCUT2D eigenvalue weighted by Gasteiger charge is -2.42. The van der Waals surface area contributed by atoms with E-state index in [4.69, 9.17) is 10.5 Å². The summed E-state index contributed by atoms with van der Waals surface area (Å²) in [6, 6.07) is 9.19. The number of likely N-dealkylation sites (N-methyl/N-ethyl adjacent to an activating group) is 1. The number of nitrogens with zero attached hydrogens (tertiary/aromatic N) is 2. The molecular formula is C27H35FN4O3. The van der Waals surface area contributed by atoms with Crippen LogP contribution in [0.4, 0.5) is 4.39 Å². The molecule has 1 unspecified atom stereocenters. The Morgan fingerprint density at radius 1 is 1.11 bits per heavy atom. The third-order valence-corrected chi connectivity index (χ3v) is 7.72. The fraction of sp³-hybridized carbons (Fsp3) is 0.519. The van der Waals surface area contributed by atoms with Crippen molar-refractivity contribution in [1.29, 1.82) is 0 Å². The lowest BCUT2D eigenvalue weighted by Crippen LogP contribution is -2.63. The zero-order chi connectivity index (χ0) is 25.0. The van der Waals surface area contributed by atoms with Crippen LogP contribution in [0.25, 0.3) is 0 Å². The second-order valence-corrected chi connectivity index (χ2v) is 9.85. The number of carbonyl (C=O) groups excluding carboxylic acids is 2. The zero-order valence-corrected chi connectivity index (χ0v) is 20.5. The highest BCUT2D eigenvalue weighted by Crippen LogP contribution is 2.41. The first-order chi connectivity index (χ1) is 16.8. The smallest absolute Gasteiger partial charge is 0.238 e. The topological polar surface area (TPSA) is 97.5 Å². The van der Waals surface area contributed by atoms with Crippen molar-refractivity contribution in [3.63, 3.8) is 0 Å². The third-order valence-electron chi connectivity index (χ3n) is 7.72. The van der Waals surface area contributed by atoms with Gasteiger partial charge >= 0.3 is 0 Å². The van der Waals surface area contributed by atoms with E-state index in [9.17, 15) is 14.0 Å². The van der Waals surface area contributed by atoms with Gasteiger partial charge < -0.3 is 20.7 Å². The predicted molar refractivity (Wildman–Crippen MR) is 131 cm³/mol. The Bertz CT molecular complexity index is 1040. The molecule has 2 amide bonds. The molecule has 1 aliphatic carbocycles. The molecule has 2 fully saturated rings. The van der Waals surface area contributed by atoms with Gasteiger partial charge in [-0.3, -0.25) is 14.6 Å². The summed E-state index contributed by atoms with van der Waals surface area (Å²) < 4.78 is 19.1. The van der Waals surface area contributed by atoms with Crippen LogP contribution in [0, 0.1) is 17.7 Å². The summed E-state index contributed by atoms with van der Waals surface area (Å²) in [4.78, 5) is 33.1. The molecule has 0 spiro atoms. The van der Waals surface area contributed by atoms with Gasteiger partial charge in [-0.05, 0) is 75.9 Å². The molecule has 1 saturated carbocycles. The highest BCUT2D eigenvalue weighted by molar-refractivity contribution is 5.93. The monoisotopic (exact) mass is 482 g/mol. The minimum atomic E-state index is -1.13.